The van der Waals surface area contributed by atoms with E-state index >= 15 is 0 Å². The molecule has 8 nitrogen and oxygen atoms in total. The summed E-state index contributed by atoms with van der Waals surface area (Å²) in [5.74, 6) is 0.304. The Morgan fingerprint density at radius 2 is 1.82 bits per heavy atom. The fourth-order valence-corrected chi connectivity index (χ4v) is 3.70. The molecule has 0 unspecified atom stereocenters. The van der Waals surface area contributed by atoms with Gasteiger partial charge in [0.05, 0.1) is 44.5 Å². The van der Waals surface area contributed by atoms with Gasteiger partial charge in [0.2, 0.25) is 17.6 Å². The molecule has 142 valence electrons. The Bertz CT molecular complexity index is 1120. The van der Waals surface area contributed by atoms with Crippen molar-refractivity contribution in [3.8, 4) is 23.3 Å². The number of benzene rings is 2. The standard InChI is InChI=1S/C20H18N4O4/c1-26-15-9-8-11(17(27-2)18(15)28-3)16-12(10-21)19(25)23-20-22-13-6-4-5-7-14(13)24(16)20/h4-9,12,16H,1-3H3,(H,22,23,25)/t12-,16-/m0/s1. The van der Waals surface area contributed by atoms with E-state index in [0.29, 0.717) is 28.8 Å². The second kappa shape index (κ2) is 6.78. The summed E-state index contributed by atoms with van der Waals surface area (Å²) in [7, 11) is 4.56. The molecule has 0 aliphatic carbocycles. The third kappa shape index (κ3) is 2.44. The molecular weight excluding hydrogens is 360 g/mol. The van der Waals surface area contributed by atoms with Crippen LogP contribution in [0.4, 0.5) is 5.95 Å². The van der Waals surface area contributed by atoms with Gasteiger partial charge in [-0.05, 0) is 24.3 Å². The van der Waals surface area contributed by atoms with Crippen molar-refractivity contribution in [2.45, 2.75) is 6.04 Å². The van der Waals surface area contributed by atoms with Crippen LogP contribution in [0.2, 0.25) is 0 Å². The van der Waals surface area contributed by atoms with E-state index in [-0.39, 0.29) is 0 Å². The Morgan fingerprint density at radius 1 is 1.07 bits per heavy atom. The summed E-state index contributed by atoms with van der Waals surface area (Å²) in [6.45, 7) is 0. The van der Waals surface area contributed by atoms with Crippen LogP contribution < -0.4 is 19.5 Å². The average molecular weight is 378 g/mol. The van der Waals surface area contributed by atoms with Crippen LogP contribution in [-0.4, -0.2) is 36.8 Å². The van der Waals surface area contributed by atoms with E-state index in [4.69, 9.17) is 14.2 Å². The number of hydrogen-bond donors (Lipinski definition) is 1. The van der Waals surface area contributed by atoms with Gasteiger partial charge in [0.1, 0.15) is 0 Å². The highest BCUT2D eigenvalue weighted by Gasteiger charge is 2.41. The third-order valence-electron chi connectivity index (χ3n) is 4.90. The van der Waals surface area contributed by atoms with Gasteiger partial charge in [-0.3, -0.25) is 10.1 Å². The van der Waals surface area contributed by atoms with Crippen molar-refractivity contribution < 1.29 is 19.0 Å². The molecule has 1 aromatic heterocycles. The van der Waals surface area contributed by atoms with Gasteiger partial charge in [0, 0.05) is 5.56 Å². The molecule has 0 saturated heterocycles. The van der Waals surface area contributed by atoms with Gasteiger partial charge in [-0.15, -0.1) is 0 Å². The molecule has 1 N–H and O–H groups in total. The maximum absolute atomic E-state index is 12.6. The van der Waals surface area contributed by atoms with E-state index in [1.54, 1.807) is 12.1 Å². The Morgan fingerprint density at radius 3 is 2.50 bits per heavy atom. The largest absolute Gasteiger partial charge is 0.493 e. The van der Waals surface area contributed by atoms with Crippen molar-refractivity contribution in [2.24, 2.45) is 5.92 Å². The number of methoxy groups -OCH3 is 3. The molecule has 3 aromatic rings. The quantitative estimate of drug-likeness (QED) is 0.750. The summed E-state index contributed by atoms with van der Waals surface area (Å²) < 4.78 is 18.3. The number of rotatable bonds is 4. The fourth-order valence-electron chi connectivity index (χ4n) is 3.70. The van der Waals surface area contributed by atoms with E-state index in [9.17, 15) is 10.1 Å². The topological polar surface area (TPSA) is 98.4 Å². The minimum atomic E-state index is -0.975. The summed E-state index contributed by atoms with van der Waals surface area (Å²) >= 11 is 0. The number of nitriles is 1. The SMILES string of the molecule is COc1ccc([C@H]2[C@H](C#N)C(=O)Nc3nc4ccccc4n32)c(OC)c1OC. The molecule has 2 heterocycles. The third-order valence-corrected chi connectivity index (χ3v) is 4.90. The molecule has 2 aromatic carbocycles. The van der Waals surface area contributed by atoms with Gasteiger partial charge < -0.3 is 18.8 Å². The van der Waals surface area contributed by atoms with E-state index in [0.717, 1.165) is 11.0 Å². The Kier molecular flexibility index (Phi) is 4.28. The highest BCUT2D eigenvalue weighted by Crippen LogP contribution is 2.47. The normalized spacial score (nSPS) is 18.1. The zero-order valence-electron chi connectivity index (χ0n) is 15.6. The molecule has 1 aliphatic rings. The molecule has 0 saturated carbocycles. The smallest absolute Gasteiger partial charge is 0.246 e. The lowest BCUT2D eigenvalue weighted by atomic mass is 9.90. The second-order valence-corrected chi connectivity index (χ2v) is 6.26. The summed E-state index contributed by atoms with van der Waals surface area (Å²) in [5.41, 5.74) is 2.16. The monoisotopic (exact) mass is 378 g/mol. The lowest BCUT2D eigenvalue weighted by Crippen LogP contribution is -2.37. The molecule has 1 aliphatic heterocycles. The zero-order chi connectivity index (χ0) is 19.8. The van der Waals surface area contributed by atoms with Crippen molar-refractivity contribution in [3.63, 3.8) is 0 Å². The van der Waals surface area contributed by atoms with Crippen LogP contribution in [0.15, 0.2) is 36.4 Å². The Hall–Kier alpha value is -3.73. The number of anilines is 1. The molecule has 0 radical (unpaired) electrons. The molecule has 1 amide bonds. The number of amides is 1. The molecule has 2 atom stereocenters. The first-order chi connectivity index (χ1) is 13.6. The summed E-state index contributed by atoms with van der Waals surface area (Å²) in [6, 6.07) is 12.5. The van der Waals surface area contributed by atoms with Gasteiger partial charge in [-0.25, -0.2) is 4.98 Å². The Balaban J connectivity index is 2.04. The van der Waals surface area contributed by atoms with E-state index in [2.05, 4.69) is 16.4 Å². The maximum atomic E-state index is 12.6. The Labute approximate surface area is 161 Å². The number of nitrogens with zero attached hydrogens (tertiary/aromatic N) is 3. The minimum Gasteiger partial charge on any atom is -0.493 e. The number of aromatic nitrogens is 2. The first-order valence-corrected chi connectivity index (χ1v) is 8.60. The van der Waals surface area contributed by atoms with Crippen LogP contribution in [0.1, 0.15) is 11.6 Å². The van der Waals surface area contributed by atoms with Crippen molar-refractivity contribution in [1.82, 2.24) is 9.55 Å². The summed E-state index contributed by atoms with van der Waals surface area (Å²) in [6.07, 6.45) is 0. The number of imidazole rings is 1. The van der Waals surface area contributed by atoms with Crippen LogP contribution in [-0.2, 0) is 4.79 Å². The molecule has 0 bridgehead atoms. The first kappa shape index (κ1) is 17.7. The number of nitrogens with one attached hydrogen (secondary N) is 1. The predicted molar refractivity (Wildman–Crippen MR) is 102 cm³/mol. The highest BCUT2D eigenvalue weighted by molar-refractivity contribution is 5.97. The van der Waals surface area contributed by atoms with Gasteiger partial charge >= 0.3 is 0 Å². The number of carbonyl (C=O) groups is 1. The van der Waals surface area contributed by atoms with Gasteiger partial charge in [0.15, 0.2) is 17.4 Å². The number of carbonyl (C=O) groups excluding carboxylic acids is 1. The highest BCUT2D eigenvalue weighted by atomic mass is 16.5. The maximum Gasteiger partial charge on any atom is 0.246 e. The van der Waals surface area contributed by atoms with Gasteiger partial charge in [0.25, 0.3) is 0 Å². The molecule has 4 rings (SSSR count). The van der Waals surface area contributed by atoms with Crippen LogP contribution in [0, 0.1) is 17.2 Å². The molecule has 0 spiro atoms. The van der Waals surface area contributed by atoms with E-state index in [1.807, 2.05) is 28.8 Å². The average Bonchev–Trinajstić information content (AvgIpc) is 3.09. The summed E-state index contributed by atoms with van der Waals surface area (Å²) in [5, 5.41) is 12.5. The minimum absolute atomic E-state index is 0.388. The van der Waals surface area contributed by atoms with E-state index in [1.165, 1.54) is 21.3 Å². The fraction of sp³-hybridized carbons (Fsp3) is 0.250. The second-order valence-electron chi connectivity index (χ2n) is 6.26. The van der Waals surface area contributed by atoms with Crippen LogP contribution in [0.5, 0.6) is 17.2 Å². The molecule has 8 heteroatoms. The van der Waals surface area contributed by atoms with Crippen LogP contribution in [0.3, 0.4) is 0 Å². The van der Waals surface area contributed by atoms with Gasteiger partial charge in [-0.1, -0.05) is 12.1 Å². The van der Waals surface area contributed by atoms with Crippen LogP contribution >= 0.6 is 0 Å². The van der Waals surface area contributed by atoms with Crippen molar-refractivity contribution in [3.05, 3.63) is 42.0 Å². The zero-order valence-corrected chi connectivity index (χ0v) is 15.6. The van der Waals surface area contributed by atoms with Crippen LogP contribution in [0.25, 0.3) is 11.0 Å². The number of ether oxygens (including phenoxy) is 3. The molecule has 0 fully saturated rings. The lowest BCUT2D eigenvalue weighted by Gasteiger charge is -2.31. The van der Waals surface area contributed by atoms with Crippen molar-refractivity contribution >= 4 is 22.9 Å². The molecular formula is C20H18N4O4. The first-order valence-electron chi connectivity index (χ1n) is 8.60. The van der Waals surface area contributed by atoms with Crippen molar-refractivity contribution in [1.29, 1.82) is 5.26 Å². The van der Waals surface area contributed by atoms with Gasteiger partial charge in [-0.2, -0.15) is 5.26 Å². The molecule has 28 heavy (non-hydrogen) atoms. The summed E-state index contributed by atoms with van der Waals surface area (Å²) in [4.78, 5) is 17.1. The predicted octanol–water partition coefficient (Wildman–Crippen LogP) is 2.74. The van der Waals surface area contributed by atoms with Crippen molar-refractivity contribution in [2.75, 3.05) is 26.6 Å². The number of hydrogen-bond acceptors (Lipinski definition) is 6. The number of fused-ring (bicyclic) bond motifs is 3. The lowest BCUT2D eigenvalue weighted by molar-refractivity contribution is -0.119. The van der Waals surface area contributed by atoms with E-state index < -0.39 is 17.9 Å². The number of para-hydroxylation sites is 2.